The first-order chi connectivity index (χ1) is 11.9. The molecule has 0 spiro atoms. The fourth-order valence-electron chi connectivity index (χ4n) is 3.27. The maximum absolute atomic E-state index is 11.2. The van der Waals surface area contributed by atoms with Gasteiger partial charge in [-0.1, -0.05) is 90.9 Å². The second-order valence-electron chi connectivity index (χ2n) is 7.46. The first kappa shape index (κ1) is 29.1. The van der Waals surface area contributed by atoms with Gasteiger partial charge in [-0.25, -0.2) is 8.42 Å². The van der Waals surface area contributed by atoms with Crippen LogP contribution in [-0.4, -0.2) is 29.4 Å². The fourth-order valence-corrected chi connectivity index (χ4v) is 4.19. The average molecular weight is 401 g/mol. The van der Waals surface area contributed by atoms with Gasteiger partial charge in [0, 0.05) is 5.25 Å². The number of unbranched alkanes of at least 4 members (excludes halogenated alkanes) is 9. The smallest absolute Gasteiger partial charge is 0.748 e. The molecule has 2 unspecified atom stereocenters. The minimum absolute atomic E-state index is 0. The van der Waals surface area contributed by atoms with E-state index in [-0.39, 0.29) is 35.7 Å². The Labute approximate surface area is 185 Å². The van der Waals surface area contributed by atoms with Crippen LogP contribution in [0.5, 0.6) is 0 Å². The van der Waals surface area contributed by atoms with E-state index in [0.717, 1.165) is 70.6 Å². The molecule has 0 heterocycles. The Balaban J connectivity index is 0. The molecule has 4 nitrogen and oxygen atoms in total. The van der Waals surface area contributed by atoms with E-state index < -0.39 is 15.4 Å². The summed E-state index contributed by atoms with van der Waals surface area (Å²) < 4.78 is 33.7. The Morgan fingerprint density at radius 1 is 0.692 bits per heavy atom. The van der Waals surface area contributed by atoms with Gasteiger partial charge >= 0.3 is 29.6 Å². The third kappa shape index (κ3) is 18.2. The van der Waals surface area contributed by atoms with Crippen LogP contribution in [0.3, 0.4) is 0 Å². The van der Waals surface area contributed by atoms with Crippen molar-refractivity contribution in [3.63, 3.8) is 0 Å². The van der Waals surface area contributed by atoms with Crippen LogP contribution in [0, 0.1) is 0 Å². The number of hydrogen-bond donors (Lipinski definition) is 1. The maximum atomic E-state index is 11.2. The van der Waals surface area contributed by atoms with Gasteiger partial charge in [0.2, 0.25) is 0 Å². The summed E-state index contributed by atoms with van der Waals surface area (Å²) in [6, 6.07) is 0. The van der Waals surface area contributed by atoms with Crippen LogP contribution in [0.4, 0.5) is 0 Å². The Bertz CT molecular complexity index is 387. The van der Waals surface area contributed by atoms with Crippen molar-refractivity contribution < 1.29 is 47.6 Å². The molecule has 0 aromatic heterocycles. The summed E-state index contributed by atoms with van der Waals surface area (Å²) in [5.41, 5.74) is 0. The Hall–Kier alpha value is 0.870. The molecule has 0 fully saturated rings. The SMILES string of the molecule is CCCCCCC(O)CCCCCCCCC(CCCC)S(=O)(=O)[O-].[Na+]. The van der Waals surface area contributed by atoms with Crippen molar-refractivity contribution >= 4 is 10.1 Å². The van der Waals surface area contributed by atoms with E-state index in [1.54, 1.807) is 0 Å². The Morgan fingerprint density at radius 3 is 1.54 bits per heavy atom. The Morgan fingerprint density at radius 2 is 1.08 bits per heavy atom. The van der Waals surface area contributed by atoms with Gasteiger partial charge in [0.05, 0.1) is 16.2 Å². The fraction of sp³-hybridized carbons (Fsp3) is 1.00. The van der Waals surface area contributed by atoms with Crippen molar-refractivity contribution in [2.24, 2.45) is 0 Å². The first-order valence-corrected chi connectivity index (χ1v) is 12.0. The van der Waals surface area contributed by atoms with Gasteiger partial charge in [0.25, 0.3) is 0 Å². The molecule has 2 atom stereocenters. The molecule has 26 heavy (non-hydrogen) atoms. The topological polar surface area (TPSA) is 77.4 Å². The van der Waals surface area contributed by atoms with Crippen molar-refractivity contribution in [1.82, 2.24) is 0 Å². The predicted octanol–water partition coefficient (Wildman–Crippen LogP) is 2.55. The van der Waals surface area contributed by atoms with Gasteiger partial charge in [-0.2, -0.15) is 0 Å². The number of hydrogen-bond acceptors (Lipinski definition) is 4. The summed E-state index contributed by atoms with van der Waals surface area (Å²) in [7, 11) is -4.14. The number of rotatable bonds is 18. The molecule has 0 saturated heterocycles. The van der Waals surface area contributed by atoms with E-state index in [1.807, 2.05) is 6.92 Å². The summed E-state index contributed by atoms with van der Waals surface area (Å²) in [4.78, 5) is 0. The third-order valence-corrected chi connectivity index (χ3v) is 6.28. The zero-order valence-corrected chi connectivity index (χ0v) is 20.4. The van der Waals surface area contributed by atoms with E-state index in [1.165, 1.54) is 19.3 Å². The van der Waals surface area contributed by atoms with Crippen molar-refractivity contribution in [3.05, 3.63) is 0 Å². The normalized spacial score (nSPS) is 14.0. The summed E-state index contributed by atoms with van der Waals surface area (Å²) in [5, 5.41) is 9.23. The molecule has 0 aromatic rings. The zero-order chi connectivity index (χ0) is 19.0. The van der Waals surface area contributed by atoms with E-state index in [0.29, 0.717) is 12.8 Å². The van der Waals surface area contributed by atoms with Gasteiger partial charge in [-0.3, -0.25) is 0 Å². The number of aliphatic hydroxyl groups is 1. The van der Waals surface area contributed by atoms with Gasteiger partial charge in [-0.15, -0.1) is 0 Å². The molecule has 0 saturated carbocycles. The van der Waals surface area contributed by atoms with Crippen molar-refractivity contribution in [1.29, 1.82) is 0 Å². The minimum Gasteiger partial charge on any atom is -0.748 e. The van der Waals surface area contributed by atoms with Gasteiger partial charge < -0.3 is 9.66 Å². The first-order valence-electron chi connectivity index (χ1n) is 10.5. The summed E-state index contributed by atoms with van der Waals surface area (Å²) >= 11 is 0. The van der Waals surface area contributed by atoms with E-state index >= 15 is 0 Å². The molecular weight excluding hydrogens is 359 g/mol. The summed E-state index contributed by atoms with van der Waals surface area (Å²) in [6.07, 6.45) is 15.6. The van der Waals surface area contributed by atoms with E-state index in [4.69, 9.17) is 0 Å². The van der Waals surface area contributed by atoms with Crippen LogP contribution in [-0.2, 0) is 10.1 Å². The summed E-state index contributed by atoms with van der Waals surface area (Å²) in [6.45, 7) is 4.21. The molecule has 152 valence electrons. The molecular formula is C20H41NaO4S. The molecule has 6 heteroatoms. The molecule has 0 radical (unpaired) electrons. The van der Waals surface area contributed by atoms with E-state index in [9.17, 15) is 18.1 Å². The van der Waals surface area contributed by atoms with Gasteiger partial charge in [-0.05, 0) is 25.7 Å². The van der Waals surface area contributed by atoms with Crippen LogP contribution in [0.15, 0.2) is 0 Å². The monoisotopic (exact) mass is 400 g/mol. The minimum atomic E-state index is -4.14. The molecule has 0 aliphatic rings. The molecule has 0 aromatic carbocycles. The molecule has 0 bridgehead atoms. The standard InChI is InChI=1S/C20H42O4S.Na/c1-3-5-7-12-15-19(21)16-13-10-8-9-11-14-18-20(17-6-4-2)25(22,23)24;/h19-21H,3-18H2,1-2H3,(H,22,23,24);/q;+1/p-1. The second kappa shape index (κ2) is 19.2. The van der Waals surface area contributed by atoms with Crippen LogP contribution >= 0.6 is 0 Å². The third-order valence-electron chi connectivity index (χ3n) is 4.99. The maximum Gasteiger partial charge on any atom is 1.00 e. The Kier molecular flexibility index (Phi) is 21.5. The van der Waals surface area contributed by atoms with Crippen molar-refractivity contribution in [2.45, 2.75) is 128 Å². The number of aliphatic hydroxyl groups excluding tert-OH is 1. The molecule has 0 rings (SSSR count). The van der Waals surface area contributed by atoms with Crippen molar-refractivity contribution in [2.75, 3.05) is 0 Å². The summed E-state index contributed by atoms with van der Waals surface area (Å²) in [5.74, 6) is 0. The molecule has 0 aliphatic heterocycles. The molecule has 0 aliphatic carbocycles. The van der Waals surface area contributed by atoms with Crippen LogP contribution < -0.4 is 29.6 Å². The second-order valence-corrected chi connectivity index (χ2v) is 9.11. The van der Waals surface area contributed by atoms with Crippen LogP contribution in [0.2, 0.25) is 0 Å². The van der Waals surface area contributed by atoms with E-state index in [2.05, 4.69) is 6.92 Å². The van der Waals surface area contributed by atoms with Crippen LogP contribution in [0.25, 0.3) is 0 Å². The quantitative estimate of drug-likeness (QED) is 0.218. The largest absolute Gasteiger partial charge is 1.00 e. The predicted molar refractivity (Wildman–Crippen MR) is 105 cm³/mol. The van der Waals surface area contributed by atoms with Crippen LogP contribution in [0.1, 0.15) is 117 Å². The molecule has 1 N–H and O–H groups in total. The zero-order valence-electron chi connectivity index (χ0n) is 17.5. The van der Waals surface area contributed by atoms with Gasteiger partial charge in [0.1, 0.15) is 0 Å². The van der Waals surface area contributed by atoms with Crippen molar-refractivity contribution in [3.8, 4) is 0 Å². The average Bonchev–Trinajstić information content (AvgIpc) is 2.55. The molecule has 0 amide bonds. The van der Waals surface area contributed by atoms with Gasteiger partial charge in [0.15, 0.2) is 0 Å².